The number of amides is 2. The molecule has 2 atom stereocenters. The summed E-state index contributed by atoms with van der Waals surface area (Å²) in [4.78, 5) is 43.2. The van der Waals surface area contributed by atoms with E-state index < -0.39 is 12.1 Å². The molecule has 10 nitrogen and oxygen atoms in total. The molecule has 0 saturated carbocycles. The second-order valence-corrected chi connectivity index (χ2v) is 11.0. The van der Waals surface area contributed by atoms with Crippen molar-refractivity contribution < 1.29 is 23.8 Å². The lowest BCUT2D eigenvalue weighted by atomic mass is 9.95. The molecule has 0 radical (unpaired) electrons. The predicted octanol–water partition coefficient (Wildman–Crippen LogP) is 4.91. The fraction of sp³-hybridized carbons (Fsp3) is 0.290. The van der Waals surface area contributed by atoms with Gasteiger partial charge < -0.3 is 30.2 Å². The summed E-state index contributed by atoms with van der Waals surface area (Å²) in [7, 11) is 4.65. The zero-order valence-corrected chi connectivity index (χ0v) is 24.8. The molecule has 1 heterocycles. The number of hydrogen-bond donors (Lipinski definition) is 3. The van der Waals surface area contributed by atoms with E-state index in [2.05, 4.69) is 20.9 Å². The molecule has 1 aliphatic carbocycles. The highest BCUT2D eigenvalue weighted by atomic mass is 32.1. The van der Waals surface area contributed by atoms with E-state index in [1.807, 2.05) is 36.4 Å². The van der Waals surface area contributed by atoms with Gasteiger partial charge in [0.1, 0.15) is 6.04 Å². The summed E-state index contributed by atoms with van der Waals surface area (Å²) in [6, 6.07) is 13.3. The van der Waals surface area contributed by atoms with Crippen molar-refractivity contribution in [2.24, 2.45) is 0 Å². The van der Waals surface area contributed by atoms with Crippen molar-refractivity contribution in [1.29, 1.82) is 0 Å². The van der Waals surface area contributed by atoms with Crippen LogP contribution in [-0.2, 0) is 16.0 Å². The van der Waals surface area contributed by atoms with E-state index in [-0.39, 0.29) is 22.9 Å². The van der Waals surface area contributed by atoms with Gasteiger partial charge in [-0.1, -0.05) is 29.5 Å². The van der Waals surface area contributed by atoms with Gasteiger partial charge in [0, 0.05) is 12.5 Å². The molecule has 0 fully saturated rings. The predicted molar refractivity (Wildman–Crippen MR) is 164 cm³/mol. The molecule has 0 aliphatic heterocycles. The SMILES string of the molecule is COc1cc2c(c(OC)c1OC)-c1ccc(NC(C)C(=O)Nc3nc4ccccc4s3)c(=O)cc1C(NC(C)=O)CC2. The van der Waals surface area contributed by atoms with E-state index in [0.717, 1.165) is 21.3 Å². The number of thiazole rings is 1. The van der Waals surface area contributed by atoms with Gasteiger partial charge in [-0.3, -0.25) is 14.4 Å². The number of rotatable bonds is 8. The normalized spacial score (nSPS) is 14.5. The first-order valence-corrected chi connectivity index (χ1v) is 14.3. The second-order valence-electron chi connectivity index (χ2n) is 9.94. The zero-order chi connectivity index (χ0) is 30.0. The molecule has 0 spiro atoms. The van der Waals surface area contributed by atoms with Gasteiger partial charge in [0.15, 0.2) is 16.6 Å². The Hall–Kier alpha value is -4.64. The van der Waals surface area contributed by atoms with Crippen LogP contribution in [0.1, 0.15) is 37.4 Å². The fourth-order valence-corrected chi connectivity index (χ4v) is 6.13. The summed E-state index contributed by atoms with van der Waals surface area (Å²) in [6.07, 6.45) is 1.14. The number of para-hydroxylation sites is 1. The molecular weight excluding hydrogens is 556 g/mol. The molecule has 5 rings (SSSR count). The van der Waals surface area contributed by atoms with Gasteiger partial charge in [0.05, 0.1) is 43.3 Å². The Morgan fingerprint density at radius 3 is 2.48 bits per heavy atom. The number of fused-ring (bicyclic) bond motifs is 4. The molecule has 1 aliphatic rings. The highest BCUT2D eigenvalue weighted by Gasteiger charge is 2.29. The summed E-state index contributed by atoms with van der Waals surface area (Å²) in [5, 5.41) is 9.37. The highest BCUT2D eigenvalue weighted by Crippen LogP contribution is 2.50. The van der Waals surface area contributed by atoms with Crippen molar-refractivity contribution in [2.45, 2.75) is 38.8 Å². The van der Waals surface area contributed by atoms with Gasteiger partial charge in [0.2, 0.25) is 23.0 Å². The van der Waals surface area contributed by atoms with Crippen LogP contribution in [-0.4, -0.2) is 44.2 Å². The minimum atomic E-state index is -0.746. The third-order valence-electron chi connectivity index (χ3n) is 7.21. The van der Waals surface area contributed by atoms with E-state index in [1.165, 1.54) is 31.4 Å². The Morgan fingerprint density at radius 2 is 1.79 bits per heavy atom. The first-order chi connectivity index (χ1) is 20.2. The molecule has 0 saturated heterocycles. The van der Waals surface area contributed by atoms with Gasteiger partial charge in [-0.05, 0) is 66.8 Å². The summed E-state index contributed by atoms with van der Waals surface area (Å²) >= 11 is 1.38. The number of ether oxygens (including phenoxy) is 3. The van der Waals surface area contributed by atoms with Gasteiger partial charge in [0.25, 0.3) is 0 Å². The molecule has 2 amide bonds. The molecule has 42 heavy (non-hydrogen) atoms. The lowest BCUT2D eigenvalue weighted by molar-refractivity contribution is -0.119. The van der Waals surface area contributed by atoms with Gasteiger partial charge in [-0.25, -0.2) is 4.98 Å². The molecule has 218 valence electrons. The standard InChI is InChI=1S/C31H32N4O6S/c1-16(30(38)35-31-34-23-8-6-7-9-26(23)42-31)32-22-13-11-19-20(15-24(22)37)21(33-17(2)36)12-10-18-14-25(39-3)28(40-4)29(41-5)27(18)19/h6-9,11,13-16,21H,10,12H2,1-5H3,(H,32,37)(H,33,36)(H,34,35,38). The molecule has 3 aromatic carbocycles. The quantitative estimate of drug-likeness (QED) is 0.265. The Morgan fingerprint density at radius 1 is 1.02 bits per heavy atom. The topological polar surface area (TPSA) is 128 Å². The zero-order valence-electron chi connectivity index (χ0n) is 24.0. The van der Waals surface area contributed by atoms with Crippen molar-refractivity contribution in [3.05, 3.63) is 69.9 Å². The van der Waals surface area contributed by atoms with Crippen LogP contribution in [0.4, 0.5) is 10.8 Å². The molecular formula is C31H32N4O6S. The average Bonchev–Trinajstić information content (AvgIpc) is 3.24. The average molecular weight is 589 g/mol. The molecule has 1 aromatic heterocycles. The second kappa shape index (κ2) is 12.1. The van der Waals surface area contributed by atoms with Crippen LogP contribution >= 0.6 is 11.3 Å². The van der Waals surface area contributed by atoms with Crippen LogP contribution in [0, 0.1) is 0 Å². The Kier molecular flexibility index (Phi) is 8.30. The van der Waals surface area contributed by atoms with Crippen molar-refractivity contribution >= 4 is 44.2 Å². The van der Waals surface area contributed by atoms with Crippen molar-refractivity contribution in [3.8, 4) is 28.4 Å². The van der Waals surface area contributed by atoms with Crippen LogP contribution in [0.2, 0.25) is 0 Å². The number of carbonyl (C=O) groups excluding carboxylic acids is 2. The Balaban J connectivity index is 1.55. The first-order valence-electron chi connectivity index (χ1n) is 13.4. The monoisotopic (exact) mass is 588 g/mol. The number of aryl methyl sites for hydroxylation is 1. The van der Waals surface area contributed by atoms with Crippen LogP contribution < -0.4 is 35.6 Å². The Labute approximate surface area is 247 Å². The number of benzene rings is 2. The third-order valence-corrected chi connectivity index (χ3v) is 8.16. The van der Waals surface area contributed by atoms with Crippen molar-refractivity contribution in [3.63, 3.8) is 0 Å². The molecule has 2 unspecified atom stereocenters. The van der Waals surface area contributed by atoms with E-state index in [9.17, 15) is 14.4 Å². The third kappa shape index (κ3) is 5.60. The van der Waals surface area contributed by atoms with Crippen LogP contribution in [0.15, 0.2) is 53.3 Å². The van der Waals surface area contributed by atoms with E-state index in [4.69, 9.17) is 14.2 Å². The summed E-state index contributed by atoms with van der Waals surface area (Å²) in [5.74, 6) is 0.870. The van der Waals surface area contributed by atoms with Gasteiger partial charge >= 0.3 is 0 Å². The molecule has 3 N–H and O–H groups in total. The smallest absolute Gasteiger partial charge is 0.248 e. The van der Waals surface area contributed by atoms with Crippen LogP contribution in [0.3, 0.4) is 0 Å². The molecule has 11 heteroatoms. The summed E-state index contributed by atoms with van der Waals surface area (Å²) in [5.41, 5.74) is 3.73. The number of carbonyl (C=O) groups is 2. The number of aromatic nitrogens is 1. The number of nitrogens with one attached hydrogen (secondary N) is 3. The fourth-order valence-electron chi connectivity index (χ4n) is 5.27. The van der Waals surface area contributed by atoms with E-state index in [1.54, 1.807) is 27.2 Å². The van der Waals surface area contributed by atoms with Gasteiger partial charge in [-0.2, -0.15) is 0 Å². The number of methoxy groups -OCH3 is 3. The minimum Gasteiger partial charge on any atom is -0.493 e. The lowest BCUT2D eigenvalue weighted by Crippen LogP contribution is -2.33. The maximum absolute atomic E-state index is 13.6. The minimum absolute atomic E-state index is 0.212. The van der Waals surface area contributed by atoms with E-state index in [0.29, 0.717) is 46.3 Å². The summed E-state index contributed by atoms with van der Waals surface area (Å²) in [6.45, 7) is 3.12. The van der Waals surface area contributed by atoms with Crippen molar-refractivity contribution in [2.75, 3.05) is 32.0 Å². The molecule has 4 aromatic rings. The van der Waals surface area contributed by atoms with Gasteiger partial charge in [-0.15, -0.1) is 0 Å². The molecule has 0 bridgehead atoms. The Bertz CT molecular complexity index is 1700. The number of nitrogens with zero attached hydrogens (tertiary/aromatic N) is 1. The van der Waals surface area contributed by atoms with Crippen LogP contribution in [0.5, 0.6) is 17.2 Å². The maximum atomic E-state index is 13.6. The highest BCUT2D eigenvalue weighted by molar-refractivity contribution is 7.22. The van der Waals surface area contributed by atoms with Crippen molar-refractivity contribution in [1.82, 2.24) is 10.3 Å². The maximum Gasteiger partial charge on any atom is 0.248 e. The number of hydrogen-bond acceptors (Lipinski definition) is 9. The van der Waals surface area contributed by atoms with E-state index >= 15 is 0 Å². The number of anilines is 2. The summed E-state index contributed by atoms with van der Waals surface area (Å²) < 4.78 is 18.0. The lowest BCUT2D eigenvalue weighted by Gasteiger charge is -2.19. The van der Waals surface area contributed by atoms with Crippen LogP contribution in [0.25, 0.3) is 21.3 Å². The largest absolute Gasteiger partial charge is 0.493 e. The first kappa shape index (κ1) is 28.9.